The van der Waals surface area contributed by atoms with Gasteiger partial charge in [-0.3, -0.25) is 4.79 Å². The minimum Gasteiger partial charge on any atom is -0.300 e. The molecule has 2 nitrogen and oxygen atoms in total. The van der Waals surface area contributed by atoms with Gasteiger partial charge in [-0.15, -0.1) is 0 Å². The Hall–Kier alpha value is -0.370. The van der Waals surface area contributed by atoms with Crippen LogP contribution in [0.25, 0.3) is 0 Å². The number of nitrogens with zero attached hydrogens (tertiary/aromatic N) is 1. The van der Waals surface area contributed by atoms with Crippen molar-refractivity contribution in [3.63, 3.8) is 0 Å². The fourth-order valence-electron chi connectivity index (χ4n) is 4.81. The lowest BCUT2D eigenvalue weighted by molar-refractivity contribution is -0.130. The van der Waals surface area contributed by atoms with Crippen LogP contribution in [-0.4, -0.2) is 29.8 Å². The van der Waals surface area contributed by atoms with Crippen LogP contribution in [0.4, 0.5) is 0 Å². The van der Waals surface area contributed by atoms with Gasteiger partial charge in [0.1, 0.15) is 5.78 Å². The quantitative estimate of drug-likeness (QED) is 0.733. The van der Waals surface area contributed by atoms with Crippen molar-refractivity contribution in [2.45, 2.75) is 57.9 Å². The molecule has 1 heterocycles. The average molecular weight is 235 g/mol. The second-order valence-corrected chi connectivity index (χ2v) is 6.37. The van der Waals surface area contributed by atoms with E-state index in [9.17, 15) is 4.79 Å². The van der Waals surface area contributed by atoms with Crippen LogP contribution in [0.5, 0.6) is 0 Å². The van der Waals surface area contributed by atoms with Crippen LogP contribution in [0.15, 0.2) is 0 Å². The first kappa shape index (κ1) is 11.7. The second kappa shape index (κ2) is 4.72. The van der Waals surface area contributed by atoms with Gasteiger partial charge in [-0.25, -0.2) is 0 Å². The van der Waals surface area contributed by atoms with Gasteiger partial charge in [0.2, 0.25) is 0 Å². The SMILES string of the molecule is CCCN1CC[C@@H]2CC(=O)C[C@H]3CCC[C@H]1[C@H]32. The Morgan fingerprint density at radius 3 is 2.71 bits per heavy atom. The number of likely N-dealkylation sites (tertiary alicyclic amines) is 1. The van der Waals surface area contributed by atoms with Gasteiger partial charge in [0, 0.05) is 18.9 Å². The molecule has 96 valence electrons. The molecule has 1 saturated heterocycles. The Labute approximate surface area is 105 Å². The highest BCUT2D eigenvalue weighted by molar-refractivity contribution is 5.80. The van der Waals surface area contributed by atoms with Gasteiger partial charge >= 0.3 is 0 Å². The summed E-state index contributed by atoms with van der Waals surface area (Å²) in [6.45, 7) is 4.81. The maximum Gasteiger partial charge on any atom is 0.133 e. The van der Waals surface area contributed by atoms with E-state index >= 15 is 0 Å². The molecule has 0 spiro atoms. The van der Waals surface area contributed by atoms with Crippen molar-refractivity contribution in [3.05, 3.63) is 0 Å². The Bertz CT molecular complexity index is 291. The summed E-state index contributed by atoms with van der Waals surface area (Å²) in [4.78, 5) is 14.6. The maximum atomic E-state index is 11.8. The van der Waals surface area contributed by atoms with Crippen molar-refractivity contribution in [3.8, 4) is 0 Å². The minimum atomic E-state index is 0.556. The standard InChI is InChI=1S/C15H25NO/c1-2-7-16-8-6-12-10-13(17)9-11-4-3-5-14(16)15(11)12/h11-12,14-15H,2-10H2,1H3/t11-,12-,14+,15-/m1/s1. The van der Waals surface area contributed by atoms with Crippen molar-refractivity contribution < 1.29 is 4.79 Å². The van der Waals surface area contributed by atoms with E-state index in [2.05, 4.69) is 11.8 Å². The first-order valence-corrected chi connectivity index (χ1v) is 7.55. The number of carbonyl (C=O) groups excluding carboxylic acids is 1. The summed E-state index contributed by atoms with van der Waals surface area (Å²) in [5.41, 5.74) is 0. The lowest BCUT2D eigenvalue weighted by Gasteiger charge is -2.53. The number of ketones is 1. The number of rotatable bonds is 2. The molecular formula is C15H25NO. The summed E-state index contributed by atoms with van der Waals surface area (Å²) in [6, 6.07) is 0.820. The largest absolute Gasteiger partial charge is 0.300 e. The van der Waals surface area contributed by atoms with Gasteiger partial charge < -0.3 is 4.90 Å². The van der Waals surface area contributed by atoms with Gasteiger partial charge in [-0.2, -0.15) is 0 Å². The number of piperidine rings is 1. The highest BCUT2D eigenvalue weighted by Gasteiger charge is 2.47. The van der Waals surface area contributed by atoms with E-state index in [1.807, 2.05) is 0 Å². The first-order chi connectivity index (χ1) is 8.29. The normalized spacial score (nSPS) is 42.3. The smallest absolute Gasteiger partial charge is 0.133 e. The van der Waals surface area contributed by atoms with Crippen molar-refractivity contribution >= 4 is 5.78 Å². The number of hydrogen-bond acceptors (Lipinski definition) is 2. The minimum absolute atomic E-state index is 0.556. The number of hydrogen-bond donors (Lipinski definition) is 0. The highest BCUT2D eigenvalue weighted by atomic mass is 16.1. The Balaban J connectivity index is 1.80. The zero-order valence-electron chi connectivity index (χ0n) is 11.0. The zero-order chi connectivity index (χ0) is 11.8. The van der Waals surface area contributed by atoms with E-state index in [-0.39, 0.29) is 0 Å². The molecule has 4 atom stereocenters. The van der Waals surface area contributed by atoms with Crippen LogP contribution in [0, 0.1) is 17.8 Å². The molecular weight excluding hydrogens is 210 g/mol. The molecule has 0 aromatic carbocycles. The third kappa shape index (κ3) is 2.05. The van der Waals surface area contributed by atoms with E-state index in [0.29, 0.717) is 5.78 Å². The summed E-state index contributed by atoms with van der Waals surface area (Å²) in [7, 11) is 0. The predicted octanol–water partition coefficient (Wildman–Crippen LogP) is 2.87. The van der Waals surface area contributed by atoms with Gasteiger partial charge in [0.15, 0.2) is 0 Å². The third-order valence-corrected chi connectivity index (χ3v) is 5.35. The van der Waals surface area contributed by atoms with Gasteiger partial charge in [0.25, 0.3) is 0 Å². The van der Waals surface area contributed by atoms with Crippen molar-refractivity contribution in [1.82, 2.24) is 4.90 Å². The predicted molar refractivity (Wildman–Crippen MR) is 68.8 cm³/mol. The van der Waals surface area contributed by atoms with E-state index in [0.717, 1.165) is 36.6 Å². The van der Waals surface area contributed by atoms with Crippen LogP contribution in [0.1, 0.15) is 51.9 Å². The molecule has 0 aromatic rings. The molecule has 3 aliphatic rings. The van der Waals surface area contributed by atoms with E-state index in [1.54, 1.807) is 0 Å². The highest BCUT2D eigenvalue weighted by Crippen LogP contribution is 2.48. The summed E-state index contributed by atoms with van der Waals surface area (Å²) in [5.74, 6) is 2.89. The van der Waals surface area contributed by atoms with E-state index in [4.69, 9.17) is 0 Å². The lowest BCUT2D eigenvalue weighted by Crippen LogP contribution is -2.55. The summed E-state index contributed by atoms with van der Waals surface area (Å²) >= 11 is 0. The molecule has 0 amide bonds. The van der Waals surface area contributed by atoms with Crippen molar-refractivity contribution in [1.29, 1.82) is 0 Å². The molecule has 2 aliphatic carbocycles. The molecule has 2 heteroatoms. The molecule has 0 radical (unpaired) electrons. The molecule has 3 fully saturated rings. The lowest BCUT2D eigenvalue weighted by atomic mass is 9.60. The van der Waals surface area contributed by atoms with Crippen LogP contribution >= 0.6 is 0 Å². The Morgan fingerprint density at radius 2 is 1.94 bits per heavy atom. The van der Waals surface area contributed by atoms with Gasteiger partial charge in [-0.1, -0.05) is 13.3 Å². The molecule has 3 rings (SSSR count). The zero-order valence-corrected chi connectivity index (χ0v) is 11.0. The van der Waals surface area contributed by atoms with Crippen LogP contribution < -0.4 is 0 Å². The molecule has 2 saturated carbocycles. The third-order valence-electron chi connectivity index (χ3n) is 5.35. The summed E-state index contributed by atoms with van der Waals surface area (Å²) < 4.78 is 0. The number of carbonyl (C=O) groups is 1. The number of Topliss-reactive ketones (excluding diaryl/α,β-unsaturated/α-hetero) is 1. The summed E-state index contributed by atoms with van der Waals surface area (Å²) in [6.07, 6.45) is 8.43. The van der Waals surface area contributed by atoms with Crippen LogP contribution in [-0.2, 0) is 4.79 Å². The molecule has 17 heavy (non-hydrogen) atoms. The molecule has 0 unspecified atom stereocenters. The van der Waals surface area contributed by atoms with E-state index in [1.165, 1.54) is 45.2 Å². The van der Waals surface area contributed by atoms with Gasteiger partial charge in [-0.05, 0) is 56.5 Å². The first-order valence-electron chi connectivity index (χ1n) is 7.55. The topological polar surface area (TPSA) is 20.3 Å². The fraction of sp³-hybridized carbons (Fsp3) is 0.933. The Kier molecular flexibility index (Phi) is 3.25. The molecule has 0 bridgehead atoms. The van der Waals surface area contributed by atoms with Crippen molar-refractivity contribution in [2.75, 3.05) is 13.1 Å². The fourth-order valence-corrected chi connectivity index (χ4v) is 4.81. The van der Waals surface area contributed by atoms with Crippen LogP contribution in [0.3, 0.4) is 0 Å². The van der Waals surface area contributed by atoms with E-state index < -0.39 is 0 Å². The maximum absolute atomic E-state index is 11.8. The average Bonchev–Trinajstić information content (AvgIpc) is 2.32. The van der Waals surface area contributed by atoms with Gasteiger partial charge in [0.05, 0.1) is 0 Å². The Morgan fingerprint density at radius 1 is 1.18 bits per heavy atom. The summed E-state index contributed by atoms with van der Waals surface area (Å²) in [5, 5.41) is 0. The van der Waals surface area contributed by atoms with Crippen LogP contribution in [0.2, 0.25) is 0 Å². The monoisotopic (exact) mass is 235 g/mol. The molecule has 0 aromatic heterocycles. The molecule has 0 N–H and O–H groups in total. The van der Waals surface area contributed by atoms with Crippen molar-refractivity contribution in [2.24, 2.45) is 17.8 Å². The second-order valence-electron chi connectivity index (χ2n) is 6.37. The molecule has 1 aliphatic heterocycles.